The zero-order valence-electron chi connectivity index (χ0n) is 16.2. The van der Waals surface area contributed by atoms with E-state index in [1.165, 1.54) is 6.07 Å². The quantitative estimate of drug-likeness (QED) is 0.338. The monoisotopic (exact) mass is 434 g/mol. The van der Waals surface area contributed by atoms with Crippen LogP contribution in [0.5, 0.6) is 0 Å². The number of anilines is 2. The Morgan fingerprint density at radius 2 is 2.00 bits per heavy atom. The van der Waals surface area contributed by atoms with Gasteiger partial charge in [-0.1, -0.05) is 0 Å². The Morgan fingerprint density at radius 1 is 1.19 bits per heavy atom. The van der Waals surface area contributed by atoms with E-state index in [4.69, 9.17) is 14.3 Å². The van der Waals surface area contributed by atoms with E-state index < -0.39 is 11.7 Å². The molecule has 4 aromatic rings. The molecular formula is C20H17F3N4O4. The van der Waals surface area contributed by atoms with Gasteiger partial charge in [0.25, 0.3) is 0 Å². The van der Waals surface area contributed by atoms with E-state index in [-0.39, 0.29) is 42.7 Å². The summed E-state index contributed by atoms with van der Waals surface area (Å²) in [5.74, 6) is 0.0775. The van der Waals surface area contributed by atoms with E-state index in [0.717, 1.165) is 12.1 Å². The van der Waals surface area contributed by atoms with Crippen molar-refractivity contribution >= 4 is 39.9 Å². The van der Waals surface area contributed by atoms with Gasteiger partial charge < -0.3 is 18.8 Å². The molecular weight excluding hydrogens is 417 g/mol. The molecule has 4 rings (SSSR count). The van der Waals surface area contributed by atoms with Crippen molar-refractivity contribution in [3.05, 3.63) is 47.5 Å². The Balaban J connectivity index is 1.59. The molecule has 2 heterocycles. The van der Waals surface area contributed by atoms with E-state index in [9.17, 15) is 18.0 Å². The molecule has 0 unspecified atom stereocenters. The number of benzene rings is 2. The number of carbonyl (C=O) groups excluding carboxylic acids is 1. The van der Waals surface area contributed by atoms with E-state index >= 15 is 0 Å². The minimum atomic E-state index is -4.48. The third-order valence-corrected chi connectivity index (χ3v) is 4.61. The summed E-state index contributed by atoms with van der Waals surface area (Å²) in [4.78, 5) is 20.7. The van der Waals surface area contributed by atoms with E-state index in [1.54, 1.807) is 29.8 Å². The SMILES string of the molecule is Cn1c(Nc2nc3ccc(C(F)(F)F)cc3o2)nc2cc(C(=O)COCCO)ccc21. The highest BCUT2D eigenvalue weighted by atomic mass is 19.4. The zero-order valence-corrected chi connectivity index (χ0v) is 16.2. The number of imidazole rings is 1. The molecule has 0 bridgehead atoms. The smallest absolute Gasteiger partial charge is 0.416 e. The maximum absolute atomic E-state index is 12.9. The number of hydrogen-bond donors (Lipinski definition) is 2. The minimum Gasteiger partial charge on any atom is -0.423 e. The minimum absolute atomic E-state index is 0.00755. The molecule has 0 amide bonds. The van der Waals surface area contributed by atoms with Gasteiger partial charge in [-0.25, -0.2) is 4.98 Å². The lowest BCUT2D eigenvalue weighted by molar-refractivity contribution is -0.137. The molecule has 0 spiro atoms. The first-order chi connectivity index (χ1) is 14.8. The number of aryl methyl sites for hydroxylation is 1. The summed E-state index contributed by atoms with van der Waals surface area (Å²) in [5, 5.41) is 11.6. The predicted molar refractivity (Wildman–Crippen MR) is 105 cm³/mol. The van der Waals surface area contributed by atoms with Crippen LogP contribution in [0, 0.1) is 0 Å². The summed E-state index contributed by atoms with van der Waals surface area (Å²) in [6, 6.07) is 8.00. The first kappa shape index (κ1) is 20.8. The highest BCUT2D eigenvalue weighted by Gasteiger charge is 2.31. The molecule has 162 valence electrons. The lowest BCUT2D eigenvalue weighted by atomic mass is 10.1. The second kappa shape index (κ2) is 8.00. The van der Waals surface area contributed by atoms with Crippen LogP contribution in [-0.2, 0) is 18.0 Å². The molecule has 2 aromatic heterocycles. The molecule has 2 N–H and O–H groups in total. The molecule has 11 heteroatoms. The van der Waals surface area contributed by atoms with Gasteiger partial charge >= 0.3 is 12.2 Å². The lowest BCUT2D eigenvalue weighted by Crippen LogP contribution is -2.11. The van der Waals surface area contributed by atoms with Crippen LogP contribution in [-0.4, -0.2) is 45.2 Å². The molecule has 0 fully saturated rings. The van der Waals surface area contributed by atoms with Gasteiger partial charge in [0, 0.05) is 12.6 Å². The van der Waals surface area contributed by atoms with Crippen molar-refractivity contribution < 1.29 is 32.2 Å². The third kappa shape index (κ3) is 4.23. The molecule has 0 saturated heterocycles. The van der Waals surface area contributed by atoms with Gasteiger partial charge in [-0.05, 0) is 36.4 Å². The maximum Gasteiger partial charge on any atom is 0.416 e. The number of oxazole rings is 1. The Kier molecular flexibility index (Phi) is 5.38. The standard InChI is InChI=1S/C20H17F3N4O4/c1-27-15-5-2-11(16(29)10-30-7-6-28)8-14(15)24-18(27)26-19-25-13-4-3-12(20(21,22)23)9-17(13)31-19/h2-5,8-9,28H,6-7,10H2,1H3,(H,24,25,26). The second-order valence-electron chi connectivity index (χ2n) is 6.72. The van der Waals surface area contributed by atoms with Crippen LogP contribution in [0.3, 0.4) is 0 Å². The summed E-state index contributed by atoms with van der Waals surface area (Å²) in [5.41, 5.74) is 1.07. The molecule has 0 saturated carbocycles. The second-order valence-corrected chi connectivity index (χ2v) is 6.72. The molecule has 31 heavy (non-hydrogen) atoms. The Bertz CT molecular complexity index is 1260. The van der Waals surface area contributed by atoms with Crippen molar-refractivity contribution in [3.63, 3.8) is 0 Å². The third-order valence-electron chi connectivity index (χ3n) is 4.61. The first-order valence-electron chi connectivity index (χ1n) is 9.19. The normalized spacial score (nSPS) is 12.0. The van der Waals surface area contributed by atoms with Gasteiger partial charge in [0.1, 0.15) is 12.1 Å². The fourth-order valence-corrected chi connectivity index (χ4v) is 3.05. The highest BCUT2D eigenvalue weighted by molar-refractivity contribution is 6.00. The van der Waals surface area contributed by atoms with Crippen molar-refractivity contribution in [1.29, 1.82) is 0 Å². The van der Waals surface area contributed by atoms with Crippen molar-refractivity contribution in [2.75, 3.05) is 25.1 Å². The number of rotatable bonds is 7. The van der Waals surface area contributed by atoms with Gasteiger partial charge in [0.15, 0.2) is 11.4 Å². The summed E-state index contributed by atoms with van der Waals surface area (Å²) >= 11 is 0. The number of alkyl halides is 3. The summed E-state index contributed by atoms with van der Waals surface area (Å²) in [6.07, 6.45) is -4.48. The van der Waals surface area contributed by atoms with Crippen LogP contribution in [0.15, 0.2) is 40.8 Å². The van der Waals surface area contributed by atoms with Gasteiger partial charge in [-0.3, -0.25) is 10.1 Å². The number of aromatic nitrogens is 3. The topological polar surface area (TPSA) is 102 Å². The van der Waals surface area contributed by atoms with E-state index in [0.29, 0.717) is 22.5 Å². The number of aliphatic hydroxyl groups is 1. The molecule has 0 aliphatic rings. The van der Waals surface area contributed by atoms with Crippen LogP contribution in [0.4, 0.5) is 25.1 Å². The van der Waals surface area contributed by atoms with Gasteiger partial charge in [0.2, 0.25) is 5.95 Å². The number of nitrogens with one attached hydrogen (secondary N) is 1. The molecule has 0 atom stereocenters. The summed E-state index contributed by atoms with van der Waals surface area (Å²) in [7, 11) is 1.73. The average molecular weight is 434 g/mol. The number of fused-ring (bicyclic) bond motifs is 2. The van der Waals surface area contributed by atoms with Crippen molar-refractivity contribution in [3.8, 4) is 0 Å². The molecule has 0 aliphatic heterocycles. The van der Waals surface area contributed by atoms with Crippen LogP contribution in [0.2, 0.25) is 0 Å². The lowest BCUT2D eigenvalue weighted by Gasteiger charge is -2.04. The predicted octanol–water partition coefficient (Wildman–Crippen LogP) is 3.67. The van der Waals surface area contributed by atoms with Gasteiger partial charge in [-0.2, -0.15) is 18.2 Å². The number of halogens is 3. The first-order valence-corrected chi connectivity index (χ1v) is 9.19. The average Bonchev–Trinajstić information content (AvgIpc) is 3.27. The number of carbonyl (C=O) groups is 1. The summed E-state index contributed by atoms with van der Waals surface area (Å²) in [6.45, 7) is -0.262. The molecule has 0 aliphatic carbocycles. The van der Waals surface area contributed by atoms with Crippen LogP contribution >= 0.6 is 0 Å². The van der Waals surface area contributed by atoms with E-state index in [1.807, 2.05) is 0 Å². The highest BCUT2D eigenvalue weighted by Crippen LogP contribution is 2.32. The van der Waals surface area contributed by atoms with Crippen molar-refractivity contribution in [1.82, 2.24) is 14.5 Å². The van der Waals surface area contributed by atoms with Gasteiger partial charge in [-0.15, -0.1) is 0 Å². The number of ether oxygens (including phenoxy) is 1. The van der Waals surface area contributed by atoms with Crippen LogP contribution in [0.1, 0.15) is 15.9 Å². The number of Topliss-reactive ketones (excluding diaryl/α,β-unsaturated/α-hetero) is 1. The fourth-order valence-electron chi connectivity index (χ4n) is 3.05. The Labute approximate surface area is 173 Å². The van der Waals surface area contributed by atoms with E-state index in [2.05, 4.69) is 15.3 Å². The largest absolute Gasteiger partial charge is 0.423 e. The van der Waals surface area contributed by atoms with Crippen molar-refractivity contribution in [2.45, 2.75) is 6.18 Å². The van der Waals surface area contributed by atoms with Gasteiger partial charge in [0.05, 0.1) is 29.8 Å². The number of hydrogen-bond acceptors (Lipinski definition) is 7. The number of aliphatic hydroxyl groups excluding tert-OH is 1. The zero-order chi connectivity index (χ0) is 22.2. The number of nitrogens with zero attached hydrogens (tertiary/aromatic N) is 3. The Hall–Kier alpha value is -3.44. The molecule has 0 radical (unpaired) electrons. The Morgan fingerprint density at radius 3 is 2.74 bits per heavy atom. The maximum atomic E-state index is 12.9. The number of ketones is 1. The van der Waals surface area contributed by atoms with Crippen molar-refractivity contribution in [2.24, 2.45) is 7.05 Å². The molecule has 8 nitrogen and oxygen atoms in total. The fraction of sp³-hybridized carbons (Fsp3) is 0.250. The summed E-state index contributed by atoms with van der Waals surface area (Å²) < 4.78 is 50.8. The van der Waals surface area contributed by atoms with Crippen LogP contribution < -0.4 is 5.32 Å². The molecule has 2 aromatic carbocycles. The van der Waals surface area contributed by atoms with Crippen LogP contribution in [0.25, 0.3) is 22.1 Å².